The molecule has 2 aromatic carbocycles. The average molecular weight is 456 g/mol. The topological polar surface area (TPSA) is 103 Å². The highest BCUT2D eigenvalue weighted by Crippen LogP contribution is 2.27. The van der Waals surface area contributed by atoms with Gasteiger partial charge in [-0.05, 0) is 66.4 Å². The number of benzene rings is 2. The molecule has 1 amide bonds. The van der Waals surface area contributed by atoms with Gasteiger partial charge in [0.25, 0.3) is 5.91 Å². The number of aromatic nitrogens is 1. The number of hydrogen-bond acceptors (Lipinski definition) is 5. The van der Waals surface area contributed by atoms with E-state index in [-0.39, 0.29) is 35.8 Å². The summed E-state index contributed by atoms with van der Waals surface area (Å²) in [5.74, 6) is -0.182. The highest BCUT2D eigenvalue weighted by molar-refractivity contribution is 7.89. The second kappa shape index (κ2) is 8.68. The minimum absolute atomic E-state index is 0.0705. The van der Waals surface area contributed by atoms with E-state index in [4.69, 9.17) is 9.88 Å². The van der Waals surface area contributed by atoms with Gasteiger partial charge in [-0.1, -0.05) is 12.1 Å². The summed E-state index contributed by atoms with van der Waals surface area (Å²) in [6.45, 7) is 2.37. The molecule has 9 heteroatoms. The monoisotopic (exact) mass is 455 g/mol. The average Bonchev–Trinajstić information content (AvgIpc) is 2.77. The highest BCUT2D eigenvalue weighted by atomic mass is 32.2. The molecule has 0 fully saturated rings. The van der Waals surface area contributed by atoms with E-state index < -0.39 is 10.0 Å². The van der Waals surface area contributed by atoms with Gasteiger partial charge in [-0.15, -0.1) is 0 Å². The molecule has 0 saturated heterocycles. The maximum absolute atomic E-state index is 13.8. The van der Waals surface area contributed by atoms with Crippen LogP contribution in [0.5, 0.6) is 5.88 Å². The quantitative estimate of drug-likeness (QED) is 0.637. The van der Waals surface area contributed by atoms with Crippen molar-refractivity contribution in [2.75, 3.05) is 6.61 Å². The number of pyridine rings is 1. The lowest BCUT2D eigenvalue weighted by Gasteiger charge is -2.37. The minimum Gasteiger partial charge on any atom is -0.475 e. The maximum atomic E-state index is 13.8. The summed E-state index contributed by atoms with van der Waals surface area (Å²) in [5.41, 5.74) is 3.00. The SMILES string of the molecule is Cc1ccc(OC[C@@H]2Cc3cc(F)ccc3CN2C(=O)c2ccc(S(N)(=O)=O)cc2)nc1. The van der Waals surface area contributed by atoms with Gasteiger partial charge in [0.15, 0.2) is 0 Å². The van der Waals surface area contributed by atoms with E-state index >= 15 is 0 Å². The molecule has 0 aliphatic carbocycles. The molecule has 0 spiro atoms. The number of amides is 1. The minimum atomic E-state index is -3.85. The Labute approximate surface area is 185 Å². The van der Waals surface area contributed by atoms with Crippen LogP contribution in [-0.2, 0) is 23.0 Å². The maximum Gasteiger partial charge on any atom is 0.254 e. The smallest absolute Gasteiger partial charge is 0.254 e. The van der Waals surface area contributed by atoms with Crippen molar-refractivity contribution in [1.29, 1.82) is 0 Å². The molecular weight excluding hydrogens is 433 g/mol. The third-order valence-electron chi connectivity index (χ3n) is 5.40. The number of fused-ring (bicyclic) bond motifs is 1. The molecule has 1 aromatic heterocycles. The lowest BCUT2D eigenvalue weighted by molar-refractivity contribution is 0.0562. The summed E-state index contributed by atoms with van der Waals surface area (Å²) in [6.07, 6.45) is 2.11. The first-order valence-corrected chi connectivity index (χ1v) is 11.5. The number of carbonyl (C=O) groups is 1. The Hall–Kier alpha value is -3.30. The molecule has 7 nitrogen and oxygen atoms in total. The van der Waals surface area contributed by atoms with Gasteiger partial charge in [-0.3, -0.25) is 4.79 Å². The molecule has 32 heavy (non-hydrogen) atoms. The van der Waals surface area contributed by atoms with Crippen LogP contribution in [0.2, 0.25) is 0 Å². The lowest BCUT2D eigenvalue weighted by atomic mass is 9.93. The number of aryl methyl sites for hydroxylation is 1. The highest BCUT2D eigenvalue weighted by Gasteiger charge is 2.31. The molecule has 1 aliphatic heterocycles. The summed E-state index contributed by atoms with van der Waals surface area (Å²) in [7, 11) is -3.85. The second-order valence-corrected chi connectivity index (χ2v) is 9.32. The van der Waals surface area contributed by atoms with E-state index in [1.165, 1.54) is 36.4 Å². The van der Waals surface area contributed by atoms with Gasteiger partial charge in [0.05, 0.1) is 10.9 Å². The largest absolute Gasteiger partial charge is 0.475 e. The normalized spacial score (nSPS) is 15.8. The van der Waals surface area contributed by atoms with Crippen LogP contribution in [-0.4, -0.2) is 36.9 Å². The number of ether oxygens (including phenoxy) is 1. The van der Waals surface area contributed by atoms with Crippen LogP contribution >= 0.6 is 0 Å². The Morgan fingerprint density at radius 2 is 1.91 bits per heavy atom. The van der Waals surface area contributed by atoms with Crippen molar-refractivity contribution in [2.45, 2.75) is 30.8 Å². The molecule has 2 heterocycles. The van der Waals surface area contributed by atoms with Crippen molar-refractivity contribution in [3.8, 4) is 5.88 Å². The number of sulfonamides is 1. The Morgan fingerprint density at radius 3 is 2.56 bits per heavy atom. The van der Waals surface area contributed by atoms with Crippen LogP contribution in [0.25, 0.3) is 0 Å². The fraction of sp³-hybridized carbons (Fsp3) is 0.217. The molecule has 4 rings (SSSR count). The van der Waals surface area contributed by atoms with Crippen LogP contribution in [0.4, 0.5) is 4.39 Å². The second-order valence-electron chi connectivity index (χ2n) is 7.76. The molecule has 166 valence electrons. The lowest BCUT2D eigenvalue weighted by Crippen LogP contribution is -2.47. The fourth-order valence-corrected chi connectivity index (χ4v) is 4.19. The number of nitrogens with two attached hydrogens (primary N) is 1. The van der Waals surface area contributed by atoms with E-state index in [1.54, 1.807) is 23.2 Å². The molecule has 1 atom stereocenters. The molecule has 0 radical (unpaired) electrons. The Kier molecular flexibility index (Phi) is 5.94. The molecule has 3 aromatic rings. The first kappa shape index (κ1) is 21.9. The zero-order valence-electron chi connectivity index (χ0n) is 17.4. The van der Waals surface area contributed by atoms with Crippen molar-refractivity contribution in [2.24, 2.45) is 5.14 Å². The summed E-state index contributed by atoms with van der Waals surface area (Å²) in [4.78, 5) is 19.1. The van der Waals surface area contributed by atoms with Crippen molar-refractivity contribution < 1.29 is 22.3 Å². The third kappa shape index (κ3) is 4.79. The molecule has 0 bridgehead atoms. The van der Waals surface area contributed by atoms with Crippen LogP contribution in [0.1, 0.15) is 27.0 Å². The Bertz CT molecular complexity index is 1250. The summed E-state index contributed by atoms with van der Waals surface area (Å²) < 4.78 is 42.6. The first-order chi connectivity index (χ1) is 15.2. The van der Waals surface area contributed by atoms with Gasteiger partial charge in [0, 0.05) is 24.4 Å². The fourth-order valence-electron chi connectivity index (χ4n) is 3.68. The van der Waals surface area contributed by atoms with E-state index in [9.17, 15) is 17.6 Å². The standard InChI is InChI=1S/C23H22FN3O4S/c1-15-2-9-22(26-12-15)31-14-20-11-18-10-19(24)6-3-17(18)13-27(20)23(28)16-4-7-21(8-5-16)32(25,29)30/h2-10,12,20H,11,13-14H2,1H3,(H2,25,29,30)/t20-/m0/s1. The zero-order chi connectivity index (χ0) is 22.9. The predicted octanol–water partition coefficient (Wildman–Crippen LogP) is 2.82. The first-order valence-electron chi connectivity index (χ1n) is 9.97. The van der Waals surface area contributed by atoms with Gasteiger partial charge in [-0.25, -0.2) is 22.9 Å². The number of halogens is 1. The summed E-state index contributed by atoms with van der Waals surface area (Å²) in [6, 6.07) is 13.3. The third-order valence-corrected chi connectivity index (χ3v) is 6.33. The number of rotatable bonds is 5. The van der Waals surface area contributed by atoms with Gasteiger partial charge in [0.2, 0.25) is 15.9 Å². The van der Waals surface area contributed by atoms with Crippen LogP contribution in [0.15, 0.2) is 65.7 Å². The van der Waals surface area contributed by atoms with Crippen LogP contribution in [0, 0.1) is 12.7 Å². The van der Waals surface area contributed by atoms with Crippen LogP contribution < -0.4 is 9.88 Å². The molecule has 0 saturated carbocycles. The summed E-state index contributed by atoms with van der Waals surface area (Å²) >= 11 is 0. The van der Waals surface area contributed by atoms with Gasteiger partial charge in [0.1, 0.15) is 12.4 Å². The molecule has 1 aliphatic rings. The van der Waals surface area contributed by atoms with E-state index in [1.807, 2.05) is 13.0 Å². The van der Waals surface area contributed by atoms with Crippen molar-refractivity contribution in [3.05, 3.63) is 88.9 Å². The number of nitrogens with zero attached hydrogens (tertiary/aromatic N) is 2. The Morgan fingerprint density at radius 1 is 1.16 bits per heavy atom. The molecule has 2 N–H and O–H groups in total. The van der Waals surface area contributed by atoms with Gasteiger partial charge < -0.3 is 9.64 Å². The predicted molar refractivity (Wildman–Crippen MR) is 116 cm³/mol. The number of carbonyl (C=O) groups excluding carboxylic acids is 1. The Balaban J connectivity index is 1.60. The zero-order valence-corrected chi connectivity index (χ0v) is 18.2. The number of primary sulfonamides is 1. The van der Waals surface area contributed by atoms with Gasteiger partial charge in [-0.2, -0.15) is 0 Å². The van der Waals surface area contributed by atoms with E-state index in [2.05, 4.69) is 4.98 Å². The van der Waals surface area contributed by atoms with Crippen molar-refractivity contribution in [1.82, 2.24) is 9.88 Å². The van der Waals surface area contributed by atoms with Crippen molar-refractivity contribution in [3.63, 3.8) is 0 Å². The van der Waals surface area contributed by atoms with Crippen molar-refractivity contribution >= 4 is 15.9 Å². The molecular formula is C23H22FN3O4S. The van der Waals surface area contributed by atoms with Gasteiger partial charge >= 0.3 is 0 Å². The molecule has 0 unspecified atom stereocenters. The summed E-state index contributed by atoms with van der Waals surface area (Å²) in [5, 5.41) is 5.14. The van der Waals surface area contributed by atoms with E-state index in [0.29, 0.717) is 17.9 Å². The van der Waals surface area contributed by atoms with Crippen LogP contribution in [0.3, 0.4) is 0 Å². The van der Waals surface area contributed by atoms with E-state index in [0.717, 1.165) is 16.7 Å². The number of hydrogen-bond donors (Lipinski definition) is 1.